The van der Waals surface area contributed by atoms with Crippen LogP contribution in [0.15, 0.2) is 12.3 Å². The monoisotopic (exact) mass is 182 g/mol. The third kappa shape index (κ3) is 6.14. The summed E-state index contributed by atoms with van der Waals surface area (Å²) >= 11 is 0. The number of rotatable bonds is 0. The first-order valence-corrected chi connectivity index (χ1v) is 4.89. The summed E-state index contributed by atoms with van der Waals surface area (Å²) in [5.74, 6) is 0.595. The molecule has 13 heavy (non-hydrogen) atoms. The van der Waals surface area contributed by atoms with E-state index in [1.165, 1.54) is 11.1 Å². The van der Waals surface area contributed by atoms with Crippen LogP contribution in [0.3, 0.4) is 0 Å². The van der Waals surface area contributed by atoms with Crippen LogP contribution in [-0.4, -0.2) is 4.98 Å². The Hall–Kier alpha value is -1.05. The van der Waals surface area contributed by atoms with E-state index in [1.807, 2.05) is 47.6 Å². The Morgan fingerprint density at radius 3 is 1.77 bits per heavy atom. The van der Waals surface area contributed by atoms with Gasteiger partial charge in [-0.1, -0.05) is 27.7 Å². The molecule has 0 unspecified atom stereocenters. The number of hydrogen-bond acceptors (Lipinski definition) is 2. The number of aromatic nitrogens is 1. The van der Waals surface area contributed by atoms with Crippen LogP contribution < -0.4 is 5.73 Å². The summed E-state index contributed by atoms with van der Waals surface area (Å²) in [6, 6.07) is 1.87. The van der Waals surface area contributed by atoms with E-state index in [0.29, 0.717) is 5.82 Å². The van der Waals surface area contributed by atoms with Crippen molar-refractivity contribution in [3.8, 4) is 0 Å². The highest BCUT2D eigenvalue weighted by atomic mass is 14.8. The van der Waals surface area contributed by atoms with Crippen LogP contribution in [-0.2, 0) is 0 Å². The average Bonchev–Trinajstić information content (AvgIpc) is 2.18. The lowest BCUT2D eigenvalue weighted by molar-refractivity contribution is 1.22. The van der Waals surface area contributed by atoms with E-state index in [-0.39, 0.29) is 0 Å². The highest BCUT2D eigenvalue weighted by Gasteiger charge is 1.90. The Morgan fingerprint density at radius 1 is 1.00 bits per heavy atom. The van der Waals surface area contributed by atoms with Crippen molar-refractivity contribution in [1.82, 2.24) is 4.98 Å². The minimum atomic E-state index is 0.595. The van der Waals surface area contributed by atoms with Crippen molar-refractivity contribution in [3.05, 3.63) is 23.4 Å². The fraction of sp³-hybridized carbons (Fsp3) is 0.545. The Balaban J connectivity index is 0. The van der Waals surface area contributed by atoms with Gasteiger partial charge < -0.3 is 5.73 Å². The second kappa shape index (κ2) is 9.04. The number of pyridine rings is 1. The number of anilines is 1. The molecule has 0 amide bonds. The SMILES string of the molecule is CC.CC.Cc1cnc(N)cc1C. The zero-order valence-corrected chi connectivity index (χ0v) is 9.68. The minimum absolute atomic E-state index is 0.595. The maximum Gasteiger partial charge on any atom is 0.123 e. The molecular formula is C11H22N2. The van der Waals surface area contributed by atoms with Crippen molar-refractivity contribution in [2.75, 3.05) is 5.73 Å². The van der Waals surface area contributed by atoms with Crippen molar-refractivity contribution in [3.63, 3.8) is 0 Å². The Bertz CT molecular complexity index is 219. The molecule has 2 nitrogen and oxygen atoms in total. The van der Waals surface area contributed by atoms with Gasteiger partial charge in [0.1, 0.15) is 5.82 Å². The van der Waals surface area contributed by atoms with Gasteiger partial charge in [0, 0.05) is 6.20 Å². The van der Waals surface area contributed by atoms with Crippen LogP contribution in [0.1, 0.15) is 38.8 Å². The van der Waals surface area contributed by atoms with Gasteiger partial charge in [-0.25, -0.2) is 4.98 Å². The Labute approximate surface area is 82.2 Å². The topological polar surface area (TPSA) is 38.9 Å². The summed E-state index contributed by atoms with van der Waals surface area (Å²) in [7, 11) is 0. The van der Waals surface area contributed by atoms with E-state index in [1.54, 1.807) is 6.20 Å². The number of nitrogens with two attached hydrogens (primary N) is 1. The molecule has 0 radical (unpaired) electrons. The second-order valence-electron chi connectivity index (χ2n) is 2.19. The van der Waals surface area contributed by atoms with Crippen molar-refractivity contribution < 1.29 is 0 Å². The zero-order valence-electron chi connectivity index (χ0n) is 9.68. The molecule has 0 atom stereocenters. The summed E-state index contributed by atoms with van der Waals surface area (Å²) in [6.45, 7) is 12.0. The number of aryl methyl sites for hydroxylation is 2. The quantitative estimate of drug-likeness (QED) is 0.668. The van der Waals surface area contributed by atoms with Crippen molar-refractivity contribution in [2.24, 2.45) is 0 Å². The second-order valence-corrected chi connectivity index (χ2v) is 2.19. The number of nitrogens with zero attached hydrogens (tertiary/aromatic N) is 1. The van der Waals surface area contributed by atoms with Crippen LogP contribution >= 0.6 is 0 Å². The first-order valence-electron chi connectivity index (χ1n) is 4.89. The average molecular weight is 182 g/mol. The molecule has 0 aliphatic heterocycles. The minimum Gasteiger partial charge on any atom is -0.384 e. The molecule has 0 saturated heterocycles. The molecule has 0 spiro atoms. The van der Waals surface area contributed by atoms with E-state index >= 15 is 0 Å². The molecule has 0 aromatic carbocycles. The summed E-state index contributed by atoms with van der Waals surface area (Å²) in [6.07, 6.45) is 1.78. The predicted molar refractivity (Wildman–Crippen MR) is 60.8 cm³/mol. The highest BCUT2D eigenvalue weighted by molar-refractivity contribution is 5.35. The third-order valence-electron chi connectivity index (χ3n) is 1.39. The van der Waals surface area contributed by atoms with Crippen molar-refractivity contribution in [2.45, 2.75) is 41.5 Å². The zero-order chi connectivity index (χ0) is 10.9. The van der Waals surface area contributed by atoms with Crippen molar-refractivity contribution >= 4 is 5.82 Å². The third-order valence-corrected chi connectivity index (χ3v) is 1.39. The van der Waals surface area contributed by atoms with Crippen LogP contribution in [0.25, 0.3) is 0 Å². The maximum atomic E-state index is 5.42. The number of hydrogen-bond donors (Lipinski definition) is 1. The fourth-order valence-electron chi connectivity index (χ4n) is 0.646. The van der Waals surface area contributed by atoms with Gasteiger partial charge in [-0.05, 0) is 31.0 Å². The van der Waals surface area contributed by atoms with E-state index in [2.05, 4.69) is 4.98 Å². The van der Waals surface area contributed by atoms with Crippen molar-refractivity contribution in [1.29, 1.82) is 0 Å². The molecule has 0 fully saturated rings. The first-order chi connectivity index (χ1) is 6.20. The summed E-state index contributed by atoms with van der Waals surface area (Å²) in [4.78, 5) is 3.92. The van der Waals surface area contributed by atoms with E-state index < -0.39 is 0 Å². The van der Waals surface area contributed by atoms with Gasteiger partial charge in [-0.2, -0.15) is 0 Å². The van der Waals surface area contributed by atoms with Crippen LogP contribution in [0, 0.1) is 13.8 Å². The van der Waals surface area contributed by atoms with Gasteiger partial charge in [0.2, 0.25) is 0 Å². The smallest absolute Gasteiger partial charge is 0.123 e. The summed E-state index contributed by atoms with van der Waals surface area (Å²) in [5.41, 5.74) is 7.80. The van der Waals surface area contributed by atoms with Gasteiger partial charge in [-0.15, -0.1) is 0 Å². The fourth-order valence-corrected chi connectivity index (χ4v) is 0.646. The molecule has 1 rings (SSSR count). The highest BCUT2D eigenvalue weighted by Crippen LogP contribution is 2.06. The summed E-state index contributed by atoms with van der Waals surface area (Å²) in [5, 5.41) is 0. The van der Waals surface area contributed by atoms with Crippen LogP contribution in [0.2, 0.25) is 0 Å². The standard InChI is InChI=1S/C7H10N2.2C2H6/c1-5-3-7(8)9-4-6(5)2;2*1-2/h3-4H,1-2H3,(H2,8,9);2*1-2H3. The number of nitrogen functional groups attached to an aromatic ring is 1. The molecule has 2 N–H and O–H groups in total. The molecule has 1 aromatic rings. The van der Waals surface area contributed by atoms with Crippen LogP contribution in [0.5, 0.6) is 0 Å². The predicted octanol–water partition coefficient (Wildman–Crippen LogP) is 3.33. The van der Waals surface area contributed by atoms with Gasteiger partial charge in [0.25, 0.3) is 0 Å². The lowest BCUT2D eigenvalue weighted by atomic mass is 10.2. The Morgan fingerprint density at radius 2 is 1.46 bits per heavy atom. The molecule has 76 valence electrons. The molecule has 0 aliphatic rings. The first kappa shape index (κ1) is 14.5. The molecular weight excluding hydrogens is 160 g/mol. The normalized spacial score (nSPS) is 7.54. The molecule has 0 saturated carbocycles. The largest absolute Gasteiger partial charge is 0.384 e. The van der Waals surface area contributed by atoms with E-state index in [0.717, 1.165) is 0 Å². The van der Waals surface area contributed by atoms with Gasteiger partial charge in [0.15, 0.2) is 0 Å². The molecule has 1 heterocycles. The molecule has 0 aliphatic carbocycles. The van der Waals surface area contributed by atoms with Gasteiger partial charge in [0.05, 0.1) is 0 Å². The molecule has 0 bridgehead atoms. The van der Waals surface area contributed by atoms with Crippen LogP contribution in [0.4, 0.5) is 5.82 Å². The van der Waals surface area contributed by atoms with E-state index in [4.69, 9.17) is 5.73 Å². The van der Waals surface area contributed by atoms with E-state index in [9.17, 15) is 0 Å². The lowest BCUT2D eigenvalue weighted by Gasteiger charge is -1.97. The summed E-state index contributed by atoms with van der Waals surface area (Å²) < 4.78 is 0. The van der Waals surface area contributed by atoms with Gasteiger partial charge in [-0.3, -0.25) is 0 Å². The maximum absolute atomic E-state index is 5.42. The lowest BCUT2D eigenvalue weighted by Crippen LogP contribution is -1.91. The Kier molecular flexibility index (Phi) is 10.1. The molecule has 1 aromatic heterocycles. The van der Waals surface area contributed by atoms with Gasteiger partial charge >= 0.3 is 0 Å². The molecule has 2 heteroatoms.